The highest BCUT2D eigenvalue weighted by atomic mass is 28.3. The Hall–Kier alpha value is -4.00. The summed E-state index contributed by atoms with van der Waals surface area (Å²) in [5, 5.41) is 6.41. The predicted octanol–water partition coefficient (Wildman–Crippen LogP) is 4.79. The van der Waals surface area contributed by atoms with Gasteiger partial charge in [0.05, 0.1) is 23.0 Å². The molecular formula is C28H35F7N8O3Si. The zero-order chi connectivity index (χ0) is 34.7. The molecule has 47 heavy (non-hydrogen) atoms. The van der Waals surface area contributed by atoms with E-state index in [2.05, 4.69) is 40.0 Å². The fourth-order valence-corrected chi connectivity index (χ4v) is 5.52. The molecule has 1 amide bonds. The molecule has 0 radical (unpaired) electrons. The van der Waals surface area contributed by atoms with Gasteiger partial charge >= 0.3 is 12.4 Å². The Labute approximate surface area is 266 Å². The fraction of sp³-hybridized carbons (Fsp3) is 0.536. The van der Waals surface area contributed by atoms with E-state index in [0.29, 0.717) is 17.1 Å². The van der Waals surface area contributed by atoms with Crippen LogP contribution in [0.25, 0.3) is 0 Å². The summed E-state index contributed by atoms with van der Waals surface area (Å²) in [6.45, 7) is 8.08. The normalized spacial score (nSPS) is 15.2. The van der Waals surface area contributed by atoms with E-state index in [4.69, 9.17) is 4.74 Å². The van der Waals surface area contributed by atoms with E-state index >= 15 is 4.39 Å². The van der Waals surface area contributed by atoms with Crippen LogP contribution in [0.3, 0.4) is 0 Å². The molecule has 258 valence electrons. The largest absolute Gasteiger partial charge is 0.423 e. The maximum absolute atomic E-state index is 15.3. The van der Waals surface area contributed by atoms with Crippen LogP contribution in [0.4, 0.5) is 42.4 Å². The van der Waals surface area contributed by atoms with E-state index in [0.717, 1.165) is 16.8 Å². The number of nitrogens with one attached hydrogen (secondary N) is 1. The second-order valence-electron chi connectivity index (χ2n) is 12.4. The van der Waals surface area contributed by atoms with Gasteiger partial charge in [0.1, 0.15) is 12.3 Å². The molecule has 4 heterocycles. The maximum Gasteiger partial charge on any atom is 0.423 e. The molecule has 0 spiro atoms. The lowest BCUT2D eigenvalue weighted by Crippen LogP contribution is -2.49. The van der Waals surface area contributed by atoms with E-state index in [1.165, 1.54) is 24.1 Å². The van der Waals surface area contributed by atoms with Gasteiger partial charge in [-0.25, -0.2) is 14.6 Å². The van der Waals surface area contributed by atoms with E-state index < -0.39 is 67.4 Å². The number of alkyl halides is 6. The first-order chi connectivity index (χ1) is 21.8. The first-order valence-corrected chi connectivity index (χ1v) is 18.4. The van der Waals surface area contributed by atoms with Crippen molar-refractivity contribution in [3.05, 3.63) is 63.8 Å². The number of amides is 1. The van der Waals surface area contributed by atoms with Crippen molar-refractivity contribution in [3.63, 3.8) is 0 Å². The highest BCUT2D eigenvalue weighted by molar-refractivity contribution is 6.76. The highest BCUT2D eigenvalue weighted by Gasteiger charge is 2.39. The molecule has 3 aromatic heterocycles. The Morgan fingerprint density at radius 3 is 2.23 bits per heavy atom. The Morgan fingerprint density at radius 2 is 1.66 bits per heavy atom. The summed E-state index contributed by atoms with van der Waals surface area (Å²) in [6, 6.07) is 1.17. The fourth-order valence-electron chi connectivity index (χ4n) is 4.76. The van der Waals surface area contributed by atoms with Crippen LogP contribution >= 0.6 is 0 Å². The number of hydrogen-bond donors (Lipinski definition) is 1. The molecule has 1 atom stereocenters. The third-order valence-electron chi connectivity index (χ3n) is 7.35. The van der Waals surface area contributed by atoms with Gasteiger partial charge in [0.2, 0.25) is 11.9 Å². The van der Waals surface area contributed by atoms with Gasteiger partial charge in [0, 0.05) is 72.0 Å². The summed E-state index contributed by atoms with van der Waals surface area (Å²) in [7, 11) is -1.45. The third kappa shape index (κ3) is 9.08. The lowest BCUT2D eigenvalue weighted by atomic mass is 10.2. The molecule has 3 aromatic rings. The number of nitrogens with zero attached hydrogens (tertiary/aromatic N) is 7. The predicted molar refractivity (Wildman–Crippen MR) is 160 cm³/mol. The van der Waals surface area contributed by atoms with Crippen LogP contribution in [0.1, 0.15) is 28.4 Å². The van der Waals surface area contributed by atoms with Gasteiger partial charge in [-0.15, -0.1) is 0 Å². The third-order valence-corrected chi connectivity index (χ3v) is 9.06. The van der Waals surface area contributed by atoms with Crippen molar-refractivity contribution in [3.8, 4) is 0 Å². The van der Waals surface area contributed by atoms with Crippen molar-refractivity contribution in [2.75, 3.05) is 43.0 Å². The van der Waals surface area contributed by atoms with Crippen molar-refractivity contribution >= 4 is 25.6 Å². The topological polar surface area (TPSA) is 110 Å². The molecule has 1 fully saturated rings. The van der Waals surface area contributed by atoms with Gasteiger partial charge in [0.15, 0.2) is 0 Å². The van der Waals surface area contributed by atoms with Gasteiger partial charge in [-0.3, -0.25) is 9.59 Å². The van der Waals surface area contributed by atoms with Crippen LogP contribution in [0.15, 0.2) is 35.6 Å². The minimum absolute atomic E-state index is 0.0657. The summed E-state index contributed by atoms with van der Waals surface area (Å²) >= 11 is 0. The number of carbonyl (C=O) groups excluding carboxylic acids is 1. The molecular weight excluding hydrogens is 657 g/mol. The maximum atomic E-state index is 15.3. The van der Waals surface area contributed by atoms with Crippen molar-refractivity contribution in [2.45, 2.75) is 64.3 Å². The van der Waals surface area contributed by atoms with Crippen LogP contribution < -0.4 is 15.8 Å². The Balaban J connectivity index is 1.37. The zero-order valence-corrected chi connectivity index (χ0v) is 27.1. The second-order valence-corrected chi connectivity index (χ2v) is 18.0. The molecule has 4 rings (SSSR count). The van der Waals surface area contributed by atoms with Crippen molar-refractivity contribution in [1.29, 1.82) is 0 Å². The second kappa shape index (κ2) is 14.0. The van der Waals surface area contributed by atoms with Crippen LogP contribution in [-0.2, 0) is 30.4 Å². The van der Waals surface area contributed by atoms with E-state index in [9.17, 15) is 35.9 Å². The number of ether oxygens (including phenoxy) is 1. The number of rotatable bonds is 11. The summed E-state index contributed by atoms with van der Waals surface area (Å²) in [6.07, 6.45) is -6.08. The van der Waals surface area contributed by atoms with Gasteiger partial charge in [-0.1, -0.05) is 19.6 Å². The first kappa shape index (κ1) is 35.8. The standard InChI is InChI=1S/C28H35F7N8O3Si/c1-18(39-21-15-38-43(17-46-11-12-47(2,3)4)25(45)22(21)28(33,34)35)16-42-6-5-20(23(42)29)24(44)40-7-9-41(10-8-40)26-36-13-19(14-37-26)27(30,31)32/h5-6,13-15,18,39H,7-12,16-17H2,1-4H3. The van der Waals surface area contributed by atoms with Crippen LogP contribution in [0, 0.1) is 5.95 Å². The summed E-state index contributed by atoms with van der Waals surface area (Å²) < 4.78 is 103. The first-order valence-electron chi connectivity index (χ1n) is 14.6. The van der Waals surface area contributed by atoms with Crippen LogP contribution in [0.5, 0.6) is 0 Å². The molecule has 19 heteroatoms. The van der Waals surface area contributed by atoms with E-state index in [1.807, 2.05) is 0 Å². The average Bonchev–Trinajstić information content (AvgIpc) is 3.33. The number of hydrogen-bond acceptors (Lipinski definition) is 8. The quantitative estimate of drug-likeness (QED) is 0.174. The van der Waals surface area contributed by atoms with Crippen LogP contribution in [-0.4, -0.2) is 82.0 Å². The van der Waals surface area contributed by atoms with Crippen molar-refractivity contribution < 1.29 is 40.3 Å². The molecule has 0 bridgehead atoms. The van der Waals surface area contributed by atoms with Gasteiger partial charge in [-0.05, 0) is 19.0 Å². The number of carbonyl (C=O) groups is 1. The molecule has 11 nitrogen and oxygen atoms in total. The Bertz CT molecular complexity index is 1600. The van der Waals surface area contributed by atoms with E-state index in [1.54, 1.807) is 4.90 Å². The van der Waals surface area contributed by atoms with Crippen LogP contribution in [0.2, 0.25) is 25.7 Å². The monoisotopic (exact) mass is 692 g/mol. The summed E-state index contributed by atoms with van der Waals surface area (Å²) in [4.78, 5) is 36.3. The smallest absolute Gasteiger partial charge is 0.379 e. The molecule has 1 unspecified atom stereocenters. The molecule has 0 saturated carbocycles. The zero-order valence-electron chi connectivity index (χ0n) is 26.1. The van der Waals surface area contributed by atoms with Crippen molar-refractivity contribution in [2.24, 2.45) is 0 Å². The highest BCUT2D eigenvalue weighted by Crippen LogP contribution is 2.32. The molecule has 1 aliphatic heterocycles. The molecule has 1 aliphatic rings. The van der Waals surface area contributed by atoms with Gasteiger partial charge < -0.3 is 24.4 Å². The lowest BCUT2D eigenvalue weighted by Gasteiger charge is -2.34. The van der Waals surface area contributed by atoms with Gasteiger partial charge in [0.25, 0.3) is 11.5 Å². The Morgan fingerprint density at radius 1 is 1.02 bits per heavy atom. The number of halogens is 7. The number of piperazine rings is 1. The average molecular weight is 693 g/mol. The molecule has 0 aromatic carbocycles. The van der Waals surface area contributed by atoms with Crippen molar-refractivity contribution in [1.82, 2.24) is 29.2 Å². The molecule has 1 N–H and O–H groups in total. The SMILES string of the molecule is CC(Cn1ccc(C(=O)N2CCN(c3ncc(C(F)(F)F)cn3)CC2)c1F)Nc1cnn(COCC[Si](C)(C)C)c(=O)c1C(F)(F)F. The molecule has 1 saturated heterocycles. The summed E-state index contributed by atoms with van der Waals surface area (Å²) in [5.74, 6) is -1.47. The molecule has 0 aliphatic carbocycles. The number of aromatic nitrogens is 5. The number of anilines is 2. The van der Waals surface area contributed by atoms with E-state index in [-0.39, 0.29) is 50.8 Å². The minimum Gasteiger partial charge on any atom is -0.379 e. The van der Waals surface area contributed by atoms with Gasteiger partial charge in [-0.2, -0.15) is 35.8 Å². The Kier molecular flexibility index (Phi) is 10.7. The minimum atomic E-state index is -5.01. The summed E-state index contributed by atoms with van der Waals surface area (Å²) in [5.41, 5.74) is -4.67. The lowest BCUT2D eigenvalue weighted by molar-refractivity contribution is -0.139.